The molecule has 0 unspecified atom stereocenters. The summed E-state index contributed by atoms with van der Waals surface area (Å²) < 4.78 is 7.61. The zero-order valence-corrected chi connectivity index (χ0v) is 14.2. The Labute approximate surface area is 137 Å². The van der Waals surface area contributed by atoms with Crippen molar-refractivity contribution < 1.29 is 4.74 Å². The van der Waals surface area contributed by atoms with Crippen molar-refractivity contribution in [2.75, 3.05) is 44.8 Å². The third-order valence-corrected chi connectivity index (χ3v) is 5.71. The van der Waals surface area contributed by atoms with Gasteiger partial charge in [0, 0.05) is 55.7 Å². The molecular weight excluding hydrogens is 290 g/mol. The molecule has 2 aromatic heterocycles. The van der Waals surface area contributed by atoms with E-state index in [2.05, 4.69) is 40.8 Å². The first-order valence-corrected chi connectivity index (χ1v) is 8.46. The van der Waals surface area contributed by atoms with E-state index in [4.69, 9.17) is 4.74 Å². The molecule has 0 saturated carbocycles. The highest BCUT2D eigenvalue weighted by atomic mass is 16.5. The number of likely N-dealkylation sites (N-methyl/N-ethyl adjacent to an activating group) is 1. The maximum absolute atomic E-state index is 5.61. The van der Waals surface area contributed by atoms with E-state index in [-0.39, 0.29) is 5.54 Å². The Bertz CT molecular complexity index is 719. The molecule has 2 saturated heterocycles. The van der Waals surface area contributed by atoms with Gasteiger partial charge in [0.05, 0.1) is 6.20 Å². The molecule has 0 N–H and O–H groups in total. The van der Waals surface area contributed by atoms with Crippen LogP contribution in [0.3, 0.4) is 0 Å². The fraction of sp³-hybridized carbons (Fsp3) is 0.647. The first-order valence-electron chi connectivity index (χ1n) is 8.46. The lowest BCUT2D eigenvalue weighted by molar-refractivity contribution is -0.0222. The molecule has 2 aliphatic rings. The van der Waals surface area contributed by atoms with Gasteiger partial charge in [0.15, 0.2) is 5.65 Å². The number of aryl methyl sites for hydroxylation is 1. The molecule has 0 amide bonds. The van der Waals surface area contributed by atoms with Gasteiger partial charge in [-0.2, -0.15) is 9.61 Å². The minimum Gasteiger partial charge on any atom is -0.381 e. The molecule has 0 aromatic carbocycles. The monoisotopic (exact) mass is 315 g/mol. The van der Waals surface area contributed by atoms with Crippen LogP contribution < -0.4 is 4.90 Å². The molecule has 23 heavy (non-hydrogen) atoms. The third kappa shape index (κ3) is 2.32. The normalized spacial score (nSPS) is 22.1. The van der Waals surface area contributed by atoms with E-state index < -0.39 is 0 Å². The zero-order valence-electron chi connectivity index (χ0n) is 14.2. The van der Waals surface area contributed by atoms with Gasteiger partial charge in [-0.15, -0.1) is 0 Å². The highest BCUT2D eigenvalue weighted by Gasteiger charge is 2.41. The molecule has 0 atom stereocenters. The number of rotatable bonds is 1. The maximum atomic E-state index is 5.61. The zero-order chi connectivity index (χ0) is 16.0. The second-order valence-electron chi connectivity index (χ2n) is 6.93. The Morgan fingerprint density at radius 2 is 1.96 bits per heavy atom. The largest absolute Gasteiger partial charge is 0.381 e. The molecular formula is C17H25N5O. The van der Waals surface area contributed by atoms with Gasteiger partial charge in [-0.25, -0.2) is 4.98 Å². The highest BCUT2D eigenvalue weighted by Crippen LogP contribution is 2.34. The maximum Gasteiger partial charge on any atom is 0.157 e. The molecule has 2 fully saturated rings. The second-order valence-corrected chi connectivity index (χ2v) is 6.93. The summed E-state index contributed by atoms with van der Waals surface area (Å²) in [6.07, 6.45) is 4.04. The Morgan fingerprint density at radius 1 is 1.17 bits per heavy atom. The summed E-state index contributed by atoms with van der Waals surface area (Å²) in [5, 5.41) is 4.52. The molecule has 0 bridgehead atoms. The summed E-state index contributed by atoms with van der Waals surface area (Å²) >= 11 is 0. The Balaban J connectivity index is 1.76. The molecule has 6 heteroatoms. The van der Waals surface area contributed by atoms with E-state index in [1.807, 2.05) is 16.8 Å². The number of fused-ring (bicyclic) bond motifs is 1. The van der Waals surface area contributed by atoms with E-state index in [9.17, 15) is 0 Å². The number of piperazine rings is 1. The van der Waals surface area contributed by atoms with Crippen molar-refractivity contribution in [1.29, 1.82) is 0 Å². The van der Waals surface area contributed by atoms with Crippen molar-refractivity contribution in [3.63, 3.8) is 0 Å². The van der Waals surface area contributed by atoms with Gasteiger partial charge in [0.25, 0.3) is 0 Å². The van der Waals surface area contributed by atoms with Crippen LogP contribution in [0.15, 0.2) is 12.3 Å². The summed E-state index contributed by atoms with van der Waals surface area (Å²) in [7, 11) is 2.26. The van der Waals surface area contributed by atoms with E-state index in [0.717, 1.165) is 57.0 Å². The molecule has 6 nitrogen and oxygen atoms in total. The number of nitrogens with zero attached hydrogens (tertiary/aromatic N) is 5. The number of ether oxygens (including phenoxy) is 1. The van der Waals surface area contributed by atoms with Gasteiger partial charge in [-0.1, -0.05) is 0 Å². The van der Waals surface area contributed by atoms with Crippen molar-refractivity contribution in [3.8, 4) is 0 Å². The van der Waals surface area contributed by atoms with Crippen LogP contribution in [0.4, 0.5) is 5.82 Å². The molecule has 2 aromatic rings. The molecule has 0 aliphatic carbocycles. The first kappa shape index (κ1) is 14.9. The predicted octanol–water partition coefficient (Wildman–Crippen LogP) is 1.65. The van der Waals surface area contributed by atoms with Crippen LogP contribution in [0.25, 0.3) is 5.65 Å². The fourth-order valence-electron chi connectivity index (χ4n) is 4.03. The van der Waals surface area contributed by atoms with Crippen molar-refractivity contribution in [2.24, 2.45) is 0 Å². The van der Waals surface area contributed by atoms with Crippen LogP contribution in [-0.2, 0) is 4.74 Å². The van der Waals surface area contributed by atoms with Crippen LogP contribution in [-0.4, -0.2) is 64.9 Å². The summed E-state index contributed by atoms with van der Waals surface area (Å²) in [6, 6.07) is 1.98. The minimum absolute atomic E-state index is 0.222. The fourth-order valence-corrected chi connectivity index (χ4v) is 4.03. The van der Waals surface area contributed by atoms with Crippen LogP contribution in [0, 0.1) is 13.8 Å². The topological polar surface area (TPSA) is 45.9 Å². The molecule has 0 radical (unpaired) electrons. The predicted molar refractivity (Wildman–Crippen MR) is 90.1 cm³/mol. The number of hydrogen-bond donors (Lipinski definition) is 0. The molecule has 1 spiro atoms. The third-order valence-electron chi connectivity index (χ3n) is 5.71. The molecule has 4 rings (SSSR count). The summed E-state index contributed by atoms with van der Waals surface area (Å²) in [5.74, 6) is 1.21. The van der Waals surface area contributed by atoms with Gasteiger partial charge in [-0.05, 0) is 33.7 Å². The minimum atomic E-state index is 0.222. The molecule has 4 heterocycles. The highest BCUT2D eigenvalue weighted by molar-refractivity contribution is 5.57. The average Bonchev–Trinajstić information content (AvgIpc) is 3.00. The van der Waals surface area contributed by atoms with Crippen molar-refractivity contribution >= 4 is 11.5 Å². The Hall–Kier alpha value is -1.66. The summed E-state index contributed by atoms with van der Waals surface area (Å²) in [5.41, 5.74) is 3.48. The quantitative estimate of drug-likeness (QED) is 0.801. The van der Waals surface area contributed by atoms with Crippen molar-refractivity contribution in [2.45, 2.75) is 32.2 Å². The summed E-state index contributed by atoms with van der Waals surface area (Å²) in [4.78, 5) is 9.70. The number of anilines is 1. The van der Waals surface area contributed by atoms with Gasteiger partial charge >= 0.3 is 0 Å². The first-order chi connectivity index (χ1) is 11.1. The summed E-state index contributed by atoms with van der Waals surface area (Å²) in [6.45, 7) is 9.11. The van der Waals surface area contributed by atoms with Crippen LogP contribution in [0.5, 0.6) is 0 Å². The Kier molecular flexibility index (Phi) is 3.54. The van der Waals surface area contributed by atoms with E-state index in [0.29, 0.717) is 0 Å². The standard InChI is InChI=1S/C17H25N5O/c1-13-14(2)19-15-4-7-18-22(15)16(13)21-9-8-20(3)17(12-21)5-10-23-11-6-17/h4,7H,5-6,8-12H2,1-3H3. The van der Waals surface area contributed by atoms with Gasteiger partial charge in [-0.3, -0.25) is 4.90 Å². The number of hydrogen-bond acceptors (Lipinski definition) is 5. The lowest BCUT2D eigenvalue weighted by atomic mass is 9.86. The Morgan fingerprint density at radius 3 is 2.74 bits per heavy atom. The smallest absolute Gasteiger partial charge is 0.157 e. The second kappa shape index (κ2) is 5.46. The van der Waals surface area contributed by atoms with E-state index >= 15 is 0 Å². The van der Waals surface area contributed by atoms with Gasteiger partial charge < -0.3 is 9.64 Å². The number of aromatic nitrogens is 3. The van der Waals surface area contributed by atoms with Crippen LogP contribution in [0.2, 0.25) is 0 Å². The SMILES string of the molecule is Cc1nc2ccnn2c(N2CCN(C)C3(CCOCC3)C2)c1C. The molecule has 2 aliphatic heterocycles. The lowest BCUT2D eigenvalue weighted by Gasteiger charge is -2.52. The van der Waals surface area contributed by atoms with Crippen LogP contribution in [0.1, 0.15) is 24.1 Å². The lowest BCUT2D eigenvalue weighted by Crippen LogP contribution is -2.63. The van der Waals surface area contributed by atoms with Gasteiger partial charge in [0.2, 0.25) is 0 Å². The van der Waals surface area contributed by atoms with Crippen molar-refractivity contribution in [1.82, 2.24) is 19.5 Å². The molecule has 124 valence electrons. The van der Waals surface area contributed by atoms with Crippen LogP contribution >= 0.6 is 0 Å². The van der Waals surface area contributed by atoms with E-state index in [1.54, 1.807) is 0 Å². The van der Waals surface area contributed by atoms with E-state index in [1.165, 1.54) is 11.4 Å². The van der Waals surface area contributed by atoms with Crippen molar-refractivity contribution in [3.05, 3.63) is 23.5 Å². The average molecular weight is 315 g/mol. The van der Waals surface area contributed by atoms with Gasteiger partial charge in [0.1, 0.15) is 5.82 Å².